The topological polar surface area (TPSA) is 62.2 Å². The number of benzene rings is 3. The van der Waals surface area contributed by atoms with Gasteiger partial charge >= 0.3 is 0 Å². The van der Waals surface area contributed by atoms with E-state index in [4.69, 9.17) is 9.47 Å². The maximum Gasteiger partial charge on any atom is 0.257 e. The molecule has 2 aliphatic rings. The van der Waals surface area contributed by atoms with Gasteiger partial charge < -0.3 is 19.5 Å². The van der Waals surface area contributed by atoms with Crippen LogP contribution in [0.4, 0.5) is 0 Å². The van der Waals surface area contributed by atoms with Crippen LogP contribution in [0.1, 0.15) is 27.5 Å². The number of aromatic hydroxyl groups is 1. The monoisotopic (exact) mass is 416 g/mol. The van der Waals surface area contributed by atoms with Gasteiger partial charge in [0.2, 0.25) is 6.79 Å². The highest BCUT2D eigenvalue weighted by molar-refractivity contribution is 5.97. The van der Waals surface area contributed by atoms with Crippen LogP contribution in [0.15, 0.2) is 72.8 Å². The van der Waals surface area contributed by atoms with E-state index in [9.17, 15) is 9.90 Å². The summed E-state index contributed by atoms with van der Waals surface area (Å²) in [5.74, 6) is 0.690. The van der Waals surface area contributed by atoms with Gasteiger partial charge in [-0.2, -0.15) is 0 Å². The molecule has 1 N–H and O–H groups in total. The normalized spacial score (nSPS) is 16.0. The van der Waals surface area contributed by atoms with E-state index < -0.39 is 0 Å². The number of hydrogen-bond donors (Lipinski definition) is 1. The van der Waals surface area contributed by atoms with Crippen molar-refractivity contribution in [2.75, 3.05) is 33.0 Å². The molecule has 0 bridgehead atoms. The lowest BCUT2D eigenvalue weighted by molar-refractivity contribution is 0.0594. The van der Waals surface area contributed by atoms with Gasteiger partial charge in [-0.25, -0.2) is 0 Å². The lowest BCUT2D eigenvalue weighted by Gasteiger charge is -2.39. The zero-order valence-electron chi connectivity index (χ0n) is 17.1. The van der Waals surface area contributed by atoms with Crippen molar-refractivity contribution in [1.82, 2.24) is 9.80 Å². The fourth-order valence-electron chi connectivity index (χ4n) is 4.34. The molecule has 3 aromatic rings. The summed E-state index contributed by atoms with van der Waals surface area (Å²) in [6.07, 6.45) is 0. The molecule has 0 atom stereocenters. The van der Waals surface area contributed by atoms with Crippen molar-refractivity contribution in [3.05, 3.63) is 89.5 Å². The summed E-state index contributed by atoms with van der Waals surface area (Å²) in [7, 11) is 0. The SMILES string of the molecule is O=C(c1cc2c(cc1O)OCO2)N1CCN(C(c2ccccc2)c2ccccc2)CC1. The predicted octanol–water partition coefficient (Wildman–Crippen LogP) is 3.67. The van der Waals surface area contributed by atoms with Crippen molar-refractivity contribution in [3.63, 3.8) is 0 Å². The largest absolute Gasteiger partial charge is 0.507 e. The Hall–Kier alpha value is -3.51. The molecule has 5 rings (SSSR count). The van der Waals surface area contributed by atoms with E-state index in [0.717, 1.165) is 13.1 Å². The Morgan fingerprint density at radius 2 is 1.35 bits per heavy atom. The first kappa shape index (κ1) is 19.5. The molecule has 2 heterocycles. The van der Waals surface area contributed by atoms with E-state index in [1.54, 1.807) is 11.0 Å². The summed E-state index contributed by atoms with van der Waals surface area (Å²) in [5.41, 5.74) is 2.73. The highest BCUT2D eigenvalue weighted by atomic mass is 16.7. The standard InChI is InChI=1S/C25H24N2O4/c28-21-16-23-22(30-17-31-23)15-20(21)25(29)27-13-11-26(12-14-27)24(18-7-3-1-4-8-18)19-9-5-2-6-10-19/h1-10,15-16,24,28H,11-14,17H2. The molecule has 2 aliphatic heterocycles. The highest BCUT2D eigenvalue weighted by Crippen LogP contribution is 2.38. The first-order valence-corrected chi connectivity index (χ1v) is 10.5. The van der Waals surface area contributed by atoms with Gasteiger partial charge in [0, 0.05) is 38.3 Å². The number of ether oxygens (including phenoxy) is 2. The Morgan fingerprint density at radius 1 is 0.806 bits per heavy atom. The Bertz CT molecular complexity index is 1020. The van der Waals surface area contributed by atoms with Crippen LogP contribution < -0.4 is 9.47 Å². The third-order valence-electron chi connectivity index (χ3n) is 5.92. The molecule has 0 saturated carbocycles. The quantitative estimate of drug-likeness (QED) is 0.703. The van der Waals surface area contributed by atoms with Gasteiger partial charge in [-0.15, -0.1) is 0 Å². The fourth-order valence-corrected chi connectivity index (χ4v) is 4.34. The first-order valence-electron chi connectivity index (χ1n) is 10.5. The zero-order valence-corrected chi connectivity index (χ0v) is 17.1. The first-order chi connectivity index (χ1) is 15.2. The van der Waals surface area contributed by atoms with Gasteiger partial charge in [-0.3, -0.25) is 9.69 Å². The van der Waals surface area contributed by atoms with E-state index in [1.807, 2.05) is 12.1 Å². The Kier molecular flexibility index (Phi) is 5.22. The molecule has 0 aromatic heterocycles. The van der Waals surface area contributed by atoms with Crippen molar-refractivity contribution in [2.45, 2.75) is 6.04 Å². The number of fused-ring (bicyclic) bond motifs is 1. The summed E-state index contributed by atoms with van der Waals surface area (Å²) < 4.78 is 10.6. The summed E-state index contributed by atoms with van der Waals surface area (Å²) in [6, 6.07) is 24.1. The van der Waals surface area contributed by atoms with Crippen LogP contribution in [0.5, 0.6) is 17.2 Å². The molecule has 0 aliphatic carbocycles. The second kappa shape index (κ2) is 8.32. The highest BCUT2D eigenvalue weighted by Gasteiger charge is 2.30. The van der Waals surface area contributed by atoms with E-state index in [2.05, 4.69) is 53.4 Å². The summed E-state index contributed by atoms with van der Waals surface area (Å²) >= 11 is 0. The molecule has 1 fully saturated rings. The molecule has 0 unspecified atom stereocenters. The van der Waals surface area contributed by atoms with Gasteiger partial charge in [0.25, 0.3) is 5.91 Å². The van der Waals surface area contributed by atoms with Gasteiger partial charge in [-0.1, -0.05) is 60.7 Å². The minimum atomic E-state index is -0.188. The van der Waals surface area contributed by atoms with Crippen LogP contribution >= 0.6 is 0 Å². The summed E-state index contributed by atoms with van der Waals surface area (Å²) in [4.78, 5) is 17.3. The second-order valence-electron chi connectivity index (χ2n) is 7.77. The molecule has 6 nitrogen and oxygen atoms in total. The van der Waals surface area contributed by atoms with E-state index in [-0.39, 0.29) is 30.1 Å². The number of carbonyl (C=O) groups is 1. The van der Waals surface area contributed by atoms with Crippen molar-refractivity contribution < 1.29 is 19.4 Å². The average Bonchev–Trinajstić information content (AvgIpc) is 3.27. The number of phenolic OH excluding ortho intramolecular Hbond substituents is 1. The molecule has 6 heteroatoms. The number of rotatable bonds is 4. The molecule has 158 valence electrons. The van der Waals surface area contributed by atoms with Gasteiger partial charge in [0.1, 0.15) is 5.75 Å². The fraction of sp³-hybridized carbons (Fsp3) is 0.240. The van der Waals surface area contributed by atoms with Crippen LogP contribution in [0, 0.1) is 0 Å². The van der Waals surface area contributed by atoms with Crippen LogP contribution in [-0.4, -0.2) is 53.8 Å². The van der Waals surface area contributed by atoms with Crippen LogP contribution in [0.2, 0.25) is 0 Å². The maximum absolute atomic E-state index is 13.1. The predicted molar refractivity (Wildman–Crippen MR) is 116 cm³/mol. The van der Waals surface area contributed by atoms with E-state index in [0.29, 0.717) is 24.6 Å². The zero-order chi connectivity index (χ0) is 21.2. The van der Waals surface area contributed by atoms with Gasteiger partial charge in [-0.05, 0) is 11.1 Å². The molecule has 0 spiro atoms. The Balaban J connectivity index is 1.34. The van der Waals surface area contributed by atoms with Crippen molar-refractivity contribution in [1.29, 1.82) is 0 Å². The number of piperazine rings is 1. The van der Waals surface area contributed by atoms with Crippen LogP contribution in [0.3, 0.4) is 0 Å². The Morgan fingerprint density at radius 3 is 1.94 bits per heavy atom. The molecule has 31 heavy (non-hydrogen) atoms. The summed E-state index contributed by atoms with van der Waals surface area (Å²) in [6.45, 7) is 2.76. The molecular weight excluding hydrogens is 392 g/mol. The van der Waals surface area contributed by atoms with Crippen molar-refractivity contribution >= 4 is 5.91 Å². The number of nitrogens with zero attached hydrogens (tertiary/aromatic N) is 2. The third kappa shape index (κ3) is 3.82. The molecule has 0 radical (unpaired) electrons. The number of phenols is 1. The lowest BCUT2D eigenvalue weighted by atomic mass is 9.96. The smallest absolute Gasteiger partial charge is 0.257 e. The third-order valence-corrected chi connectivity index (χ3v) is 5.92. The van der Waals surface area contributed by atoms with Crippen molar-refractivity contribution in [2.24, 2.45) is 0 Å². The van der Waals surface area contributed by atoms with Crippen LogP contribution in [-0.2, 0) is 0 Å². The second-order valence-corrected chi connectivity index (χ2v) is 7.77. The summed E-state index contributed by atoms with van der Waals surface area (Å²) in [5, 5.41) is 10.3. The van der Waals surface area contributed by atoms with Crippen molar-refractivity contribution in [3.8, 4) is 17.2 Å². The maximum atomic E-state index is 13.1. The van der Waals surface area contributed by atoms with E-state index in [1.165, 1.54) is 17.2 Å². The molecular formula is C25H24N2O4. The van der Waals surface area contributed by atoms with E-state index >= 15 is 0 Å². The molecule has 3 aromatic carbocycles. The Labute approximate surface area is 181 Å². The molecule has 1 amide bonds. The average molecular weight is 416 g/mol. The lowest BCUT2D eigenvalue weighted by Crippen LogP contribution is -2.49. The van der Waals surface area contributed by atoms with Crippen LogP contribution in [0.25, 0.3) is 0 Å². The molecule has 1 saturated heterocycles. The number of carbonyl (C=O) groups excluding carboxylic acids is 1. The van der Waals surface area contributed by atoms with Gasteiger partial charge in [0.05, 0.1) is 11.6 Å². The van der Waals surface area contributed by atoms with Gasteiger partial charge in [0.15, 0.2) is 11.5 Å². The number of amides is 1. The minimum Gasteiger partial charge on any atom is -0.507 e. The number of hydrogen-bond acceptors (Lipinski definition) is 5. The minimum absolute atomic E-state index is 0.0804.